The molecule has 2 fully saturated rings. The average molecular weight is 232 g/mol. The molecule has 6 atom stereocenters. The van der Waals surface area contributed by atoms with Crippen LogP contribution >= 0.6 is 0 Å². The lowest BCUT2D eigenvalue weighted by molar-refractivity contribution is -0.450. The fraction of sp³-hybridized carbons (Fsp3) is 1.00. The van der Waals surface area contributed by atoms with Gasteiger partial charge in [0, 0.05) is 17.0 Å². The Hall–Kier alpha value is -0.160. The lowest BCUT2D eigenvalue weighted by Gasteiger charge is -2.53. The van der Waals surface area contributed by atoms with Gasteiger partial charge in [-0.15, -0.1) is 0 Å². The fourth-order valence-electron chi connectivity index (χ4n) is 2.25. The largest absolute Gasteiger partial charge is 0.349 e. The van der Waals surface area contributed by atoms with Crippen LogP contribution in [0.1, 0.15) is 42.2 Å². The summed E-state index contributed by atoms with van der Waals surface area (Å²) in [6, 6.07) is 0. The van der Waals surface area contributed by atoms with Gasteiger partial charge in [0.15, 0.2) is 0 Å². The molecule has 1 aliphatic heterocycles. The maximum absolute atomic E-state index is 8.05. The molecule has 0 aromatic carbocycles. The summed E-state index contributed by atoms with van der Waals surface area (Å²) in [4.78, 5) is 0. The predicted molar refractivity (Wildman–Crippen MR) is 59.0 cm³/mol. The van der Waals surface area contributed by atoms with E-state index in [0.717, 1.165) is 0 Å². The first-order chi connectivity index (χ1) is 8.37. The van der Waals surface area contributed by atoms with Crippen molar-refractivity contribution in [1.29, 1.82) is 0 Å². The van der Waals surface area contributed by atoms with Gasteiger partial charge >= 0.3 is 0 Å². The topological polar surface area (TPSA) is 36.9 Å². The third-order valence-electron chi connectivity index (χ3n) is 3.65. The molecule has 94 valence electrons. The lowest BCUT2D eigenvalue weighted by atomic mass is 9.91. The standard InChI is InChI=1S/C12H22O4/c1-11(13-3)12(2,14-4)16-10-8-6-5-7-9(10)15-11/h9-10H,5-8H2,1-4H3/t9?,10?,11-,12-/m1/s1/i5D,7D/t5-,7-,9?,10?,11-,12-. The normalized spacial score (nSPS) is 59.8. The van der Waals surface area contributed by atoms with E-state index in [4.69, 9.17) is 21.7 Å². The highest BCUT2D eigenvalue weighted by atomic mass is 16.8. The van der Waals surface area contributed by atoms with Crippen molar-refractivity contribution in [3.63, 3.8) is 0 Å². The van der Waals surface area contributed by atoms with E-state index in [9.17, 15) is 0 Å². The quantitative estimate of drug-likeness (QED) is 0.730. The highest BCUT2D eigenvalue weighted by molar-refractivity contribution is 4.92. The van der Waals surface area contributed by atoms with Crippen molar-refractivity contribution in [1.82, 2.24) is 0 Å². The molecule has 0 amide bonds. The van der Waals surface area contributed by atoms with E-state index >= 15 is 0 Å². The van der Waals surface area contributed by atoms with E-state index in [0.29, 0.717) is 12.8 Å². The molecule has 0 aromatic heterocycles. The van der Waals surface area contributed by atoms with E-state index in [2.05, 4.69) is 0 Å². The number of rotatable bonds is 2. The van der Waals surface area contributed by atoms with Crippen molar-refractivity contribution in [2.45, 2.75) is 63.3 Å². The Bertz CT molecular complexity index is 316. The van der Waals surface area contributed by atoms with Gasteiger partial charge in [-0.05, 0) is 26.7 Å². The lowest BCUT2D eigenvalue weighted by Crippen LogP contribution is -2.65. The van der Waals surface area contributed by atoms with Crippen LogP contribution in [-0.4, -0.2) is 38.0 Å². The van der Waals surface area contributed by atoms with E-state index in [1.165, 1.54) is 7.11 Å². The molecule has 1 aliphatic carbocycles. The summed E-state index contributed by atoms with van der Waals surface area (Å²) in [6.45, 7) is 3.52. The SMILES string of the molecule is [2H][C@@H]1CCC2O[C@@](C)(OC)[C@](C)(OC)OC2[C@@H]1[2H]. The first-order valence-corrected chi connectivity index (χ1v) is 5.67. The Morgan fingerprint density at radius 2 is 1.69 bits per heavy atom. The van der Waals surface area contributed by atoms with Gasteiger partial charge in [0.05, 0.1) is 12.2 Å². The molecule has 1 heterocycles. The zero-order valence-corrected chi connectivity index (χ0v) is 10.4. The summed E-state index contributed by atoms with van der Waals surface area (Å²) in [5, 5.41) is 0. The maximum atomic E-state index is 8.05. The van der Waals surface area contributed by atoms with Crippen LogP contribution in [0.2, 0.25) is 0 Å². The van der Waals surface area contributed by atoms with Crippen molar-refractivity contribution >= 4 is 0 Å². The molecule has 0 spiro atoms. The third kappa shape index (κ3) is 1.78. The van der Waals surface area contributed by atoms with Gasteiger partial charge in [-0.3, -0.25) is 0 Å². The van der Waals surface area contributed by atoms with Crippen LogP contribution in [0.25, 0.3) is 0 Å². The number of fused-ring (bicyclic) bond motifs is 1. The van der Waals surface area contributed by atoms with Crippen molar-refractivity contribution in [2.24, 2.45) is 0 Å². The summed E-state index contributed by atoms with van der Waals surface area (Å²) in [5.41, 5.74) is 0. The van der Waals surface area contributed by atoms with Gasteiger partial charge in [0.1, 0.15) is 0 Å². The minimum Gasteiger partial charge on any atom is -0.349 e. The van der Waals surface area contributed by atoms with Gasteiger partial charge in [-0.2, -0.15) is 0 Å². The zero-order valence-electron chi connectivity index (χ0n) is 12.4. The second-order valence-electron chi connectivity index (χ2n) is 4.54. The van der Waals surface area contributed by atoms with E-state index in [1.54, 1.807) is 21.0 Å². The zero-order chi connectivity index (χ0) is 13.6. The summed E-state index contributed by atoms with van der Waals surface area (Å²) < 4.78 is 38.6. The molecule has 2 aliphatic rings. The monoisotopic (exact) mass is 232 g/mol. The van der Waals surface area contributed by atoms with E-state index in [1.807, 2.05) is 0 Å². The molecule has 4 heteroatoms. The smallest absolute Gasteiger partial charge is 0.220 e. The molecule has 2 unspecified atom stereocenters. The van der Waals surface area contributed by atoms with Gasteiger partial charge in [0.25, 0.3) is 0 Å². The van der Waals surface area contributed by atoms with Gasteiger partial charge in [-0.1, -0.05) is 12.8 Å². The second-order valence-corrected chi connectivity index (χ2v) is 4.54. The minimum atomic E-state index is -1.07. The molecular formula is C12H22O4. The summed E-state index contributed by atoms with van der Waals surface area (Å²) in [5.74, 6) is -2.07. The molecular weight excluding hydrogens is 208 g/mol. The Labute approximate surface area is 100 Å². The summed E-state index contributed by atoms with van der Waals surface area (Å²) in [7, 11) is 3.08. The Balaban J connectivity index is 2.25. The third-order valence-corrected chi connectivity index (χ3v) is 3.65. The average Bonchev–Trinajstić information content (AvgIpc) is 2.37. The van der Waals surface area contributed by atoms with E-state index < -0.39 is 30.5 Å². The first-order valence-electron chi connectivity index (χ1n) is 6.83. The van der Waals surface area contributed by atoms with Crippen LogP contribution in [0.3, 0.4) is 0 Å². The molecule has 16 heavy (non-hydrogen) atoms. The molecule has 1 saturated carbocycles. The van der Waals surface area contributed by atoms with Crippen molar-refractivity contribution < 1.29 is 21.7 Å². The Kier molecular flexibility index (Phi) is 2.61. The van der Waals surface area contributed by atoms with Crippen molar-refractivity contribution in [2.75, 3.05) is 14.2 Å². The van der Waals surface area contributed by atoms with Crippen LogP contribution in [0, 0.1) is 0 Å². The van der Waals surface area contributed by atoms with Gasteiger partial charge < -0.3 is 18.9 Å². The Morgan fingerprint density at radius 3 is 2.25 bits per heavy atom. The maximum Gasteiger partial charge on any atom is 0.220 e. The summed E-state index contributed by atoms with van der Waals surface area (Å²) in [6.07, 6.45) is -0.311. The number of ether oxygens (including phenoxy) is 4. The van der Waals surface area contributed by atoms with Crippen LogP contribution in [0.5, 0.6) is 0 Å². The number of methoxy groups -OCH3 is 2. The van der Waals surface area contributed by atoms with Crippen molar-refractivity contribution in [3.8, 4) is 0 Å². The van der Waals surface area contributed by atoms with Crippen LogP contribution in [0.15, 0.2) is 0 Å². The Morgan fingerprint density at radius 1 is 1.12 bits per heavy atom. The minimum absolute atomic E-state index is 0.206. The molecule has 0 aromatic rings. The highest BCUT2D eigenvalue weighted by Crippen LogP contribution is 2.42. The fourth-order valence-corrected chi connectivity index (χ4v) is 2.25. The van der Waals surface area contributed by atoms with E-state index in [-0.39, 0.29) is 6.10 Å². The summed E-state index contributed by atoms with van der Waals surface area (Å²) >= 11 is 0. The molecule has 1 saturated heterocycles. The number of hydrogen-bond acceptors (Lipinski definition) is 4. The van der Waals surface area contributed by atoms with Crippen LogP contribution in [-0.2, 0) is 18.9 Å². The van der Waals surface area contributed by atoms with Crippen molar-refractivity contribution in [3.05, 3.63) is 0 Å². The molecule has 0 N–H and O–H groups in total. The molecule has 0 radical (unpaired) electrons. The van der Waals surface area contributed by atoms with Gasteiger partial charge in [-0.25, -0.2) is 0 Å². The molecule has 4 nitrogen and oxygen atoms in total. The van der Waals surface area contributed by atoms with Crippen LogP contribution in [0.4, 0.5) is 0 Å². The number of hydrogen-bond donors (Lipinski definition) is 0. The van der Waals surface area contributed by atoms with Crippen LogP contribution < -0.4 is 0 Å². The highest BCUT2D eigenvalue weighted by Gasteiger charge is 2.56. The molecule has 0 bridgehead atoms. The predicted octanol–water partition coefficient (Wildman–Crippen LogP) is 2.07. The first kappa shape index (κ1) is 9.83. The van der Waals surface area contributed by atoms with Gasteiger partial charge in [0.2, 0.25) is 11.6 Å². The second kappa shape index (κ2) is 4.26. The molecule has 2 rings (SSSR count).